The summed E-state index contributed by atoms with van der Waals surface area (Å²) in [4.78, 5) is 21.2. The van der Waals surface area contributed by atoms with Gasteiger partial charge in [-0.15, -0.1) is 0 Å². The molecule has 0 aliphatic heterocycles. The Labute approximate surface area is 110 Å². The van der Waals surface area contributed by atoms with Gasteiger partial charge in [-0.25, -0.2) is 5.43 Å². The Morgan fingerprint density at radius 2 is 2.16 bits per heavy atom. The summed E-state index contributed by atoms with van der Waals surface area (Å²) in [6.07, 6.45) is 1.66. The maximum atomic E-state index is 11.3. The van der Waals surface area contributed by atoms with Gasteiger partial charge in [-0.2, -0.15) is 5.10 Å². The number of benzene rings is 1. The number of non-ortho nitro benzene ring substituents is 1. The minimum absolute atomic E-state index is 0.0119. The highest BCUT2D eigenvalue weighted by Gasteiger charge is 2.02. The van der Waals surface area contributed by atoms with Crippen molar-refractivity contribution < 1.29 is 14.5 Å². The average Bonchev–Trinajstić information content (AvgIpc) is 2.39. The van der Waals surface area contributed by atoms with Crippen molar-refractivity contribution in [3.8, 4) is 0 Å². The molecule has 0 radical (unpaired) electrons. The predicted molar refractivity (Wildman–Crippen MR) is 69.9 cm³/mol. The molecular weight excluding hydrogens is 250 g/mol. The molecule has 1 N–H and O–H groups in total. The predicted octanol–water partition coefficient (Wildman–Crippen LogP) is 1.47. The van der Waals surface area contributed by atoms with Crippen LogP contribution in [0.1, 0.15) is 18.9 Å². The molecule has 19 heavy (non-hydrogen) atoms. The van der Waals surface area contributed by atoms with E-state index in [1.54, 1.807) is 12.1 Å². The topological polar surface area (TPSA) is 93.8 Å². The molecule has 0 bridgehead atoms. The lowest BCUT2D eigenvalue weighted by Gasteiger charge is -1.99. The molecule has 7 heteroatoms. The summed E-state index contributed by atoms with van der Waals surface area (Å²) in [5.74, 6) is -0.244. The number of ether oxygens (including phenoxy) is 1. The van der Waals surface area contributed by atoms with Gasteiger partial charge in [-0.05, 0) is 24.6 Å². The molecule has 1 amide bonds. The number of rotatable bonds is 7. The quantitative estimate of drug-likeness (QED) is 0.349. The molecule has 0 spiro atoms. The summed E-state index contributed by atoms with van der Waals surface area (Å²) < 4.78 is 5.03. The van der Waals surface area contributed by atoms with Crippen LogP contribution in [0.15, 0.2) is 29.4 Å². The normalized spacial score (nSPS) is 10.6. The first-order chi connectivity index (χ1) is 9.13. The SMILES string of the molecule is CCOCCC(=O)N/N=C/c1ccc([N+](=O)[O-])cc1. The van der Waals surface area contributed by atoms with Crippen molar-refractivity contribution in [3.63, 3.8) is 0 Å². The molecule has 1 rings (SSSR count). The first-order valence-electron chi connectivity index (χ1n) is 5.77. The van der Waals surface area contributed by atoms with Gasteiger partial charge >= 0.3 is 0 Å². The van der Waals surface area contributed by atoms with Gasteiger partial charge in [0.1, 0.15) is 0 Å². The van der Waals surface area contributed by atoms with Crippen LogP contribution in [-0.4, -0.2) is 30.3 Å². The van der Waals surface area contributed by atoms with E-state index in [0.717, 1.165) is 0 Å². The Morgan fingerprint density at radius 1 is 1.47 bits per heavy atom. The maximum Gasteiger partial charge on any atom is 0.269 e. The van der Waals surface area contributed by atoms with Crippen molar-refractivity contribution in [2.24, 2.45) is 5.10 Å². The summed E-state index contributed by atoms with van der Waals surface area (Å²) in [6, 6.07) is 5.85. The summed E-state index contributed by atoms with van der Waals surface area (Å²) in [5, 5.41) is 14.2. The number of carbonyl (C=O) groups excluding carboxylic acids is 1. The molecule has 102 valence electrons. The van der Waals surface area contributed by atoms with E-state index < -0.39 is 4.92 Å². The summed E-state index contributed by atoms with van der Waals surface area (Å²) in [5.41, 5.74) is 3.02. The lowest BCUT2D eigenvalue weighted by atomic mass is 10.2. The van der Waals surface area contributed by atoms with Gasteiger partial charge in [0.25, 0.3) is 5.69 Å². The lowest BCUT2D eigenvalue weighted by Crippen LogP contribution is -2.19. The van der Waals surface area contributed by atoms with Crippen molar-refractivity contribution in [2.45, 2.75) is 13.3 Å². The second kappa shape index (κ2) is 7.93. The number of carbonyl (C=O) groups is 1. The molecule has 1 aromatic rings. The Bertz CT molecular complexity index is 457. The van der Waals surface area contributed by atoms with E-state index in [-0.39, 0.29) is 18.0 Å². The van der Waals surface area contributed by atoms with Gasteiger partial charge in [0, 0.05) is 18.7 Å². The molecule has 7 nitrogen and oxygen atoms in total. The molecule has 0 saturated carbocycles. The highest BCUT2D eigenvalue weighted by molar-refractivity contribution is 5.82. The first kappa shape index (κ1) is 14.8. The van der Waals surface area contributed by atoms with E-state index in [1.165, 1.54) is 18.3 Å². The molecule has 0 unspecified atom stereocenters. The molecular formula is C12H15N3O4. The molecule has 0 aliphatic rings. The van der Waals surface area contributed by atoms with Crippen molar-refractivity contribution in [2.75, 3.05) is 13.2 Å². The number of hydrazone groups is 1. The zero-order chi connectivity index (χ0) is 14.1. The van der Waals surface area contributed by atoms with E-state index in [2.05, 4.69) is 10.5 Å². The summed E-state index contributed by atoms with van der Waals surface area (Å²) in [6.45, 7) is 2.78. The zero-order valence-electron chi connectivity index (χ0n) is 10.5. The fourth-order valence-corrected chi connectivity index (χ4v) is 1.23. The molecule has 0 aliphatic carbocycles. The second-order valence-electron chi connectivity index (χ2n) is 3.59. The maximum absolute atomic E-state index is 11.3. The van der Waals surface area contributed by atoms with Gasteiger partial charge in [0.2, 0.25) is 5.91 Å². The van der Waals surface area contributed by atoms with Crippen LogP contribution in [-0.2, 0) is 9.53 Å². The first-order valence-corrected chi connectivity index (χ1v) is 5.77. The molecule has 0 heterocycles. The molecule has 0 fully saturated rings. The third-order valence-electron chi connectivity index (χ3n) is 2.18. The standard InChI is InChI=1S/C12H15N3O4/c1-2-19-8-7-12(16)14-13-9-10-3-5-11(6-4-10)15(17)18/h3-6,9H,2,7-8H2,1H3,(H,14,16)/b13-9+. The Kier molecular flexibility index (Phi) is 6.17. The van der Waals surface area contributed by atoms with E-state index in [9.17, 15) is 14.9 Å². The van der Waals surface area contributed by atoms with Crippen LogP contribution >= 0.6 is 0 Å². The number of hydrogen-bond donors (Lipinski definition) is 1. The van der Waals surface area contributed by atoms with E-state index in [4.69, 9.17) is 4.74 Å². The van der Waals surface area contributed by atoms with Gasteiger partial charge in [-0.3, -0.25) is 14.9 Å². The highest BCUT2D eigenvalue weighted by atomic mass is 16.6. The van der Waals surface area contributed by atoms with Crippen LogP contribution in [0.4, 0.5) is 5.69 Å². The van der Waals surface area contributed by atoms with E-state index >= 15 is 0 Å². The molecule has 0 atom stereocenters. The van der Waals surface area contributed by atoms with Gasteiger partial charge < -0.3 is 4.74 Å². The smallest absolute Gasteiger partial charge is 0.269 e. The number of nitrogens with one attached hydrogen (secondary N) is 1. The Morgan fingerprint density at radius 3 is 2.74 bits per heavy atom. The molecule has 0 saturated heterocycles. The Balaban J connectivity index is 2.40. The monoisotopic (exact) mass is 265 g/mol. The van der Waals surface area contributed by atoms with Crippen LogP contribution in [0.3, 0.4) is 0 Å². The number of nitrogens with zero attached hydrogens (tertiary/aromatic N) is 2. The van der Waals surface area contributed by atoms with Gasteiger partial charge in [-0.1, -0.05) is 0 Å². The van der Waals surface area contributed by atoms with Crippen LogP contribution in [0.5, 0.6) is 0 Å². The largest absolute Gasteiger partial charge is 0.381 e. The zero-order valence-corrected chi connectivity index (χ0v) is 10.5. The summed E-state index contributed by atoms with van der Waals surface area (Å²) >= 11 is 0. The van der Waals surface area contributed by atoms with Gasteiger partial charge in [0.05, 0.1) is 24.2 Å². The van der Waals surface area contributed by atoms with Crippen LogP contribution in [0, 0.1) is 10.1 Å². The molecule has 1 aromatic carbocycles. The number of nitro groups is 1. The lowest BCUT2D eigenvalue weighted by molar-refractivity contribution is -0.384. The van der Waals surface area contributed by atoms with E-state index in [1.807, 2.05) is 6.92 Å². The third kappa shape index (κ3) is 5.73. The van der Waals surface area contributed by atoms with Crippen molar-refractivity contribution >= 4 is 17.8 Å². The van der Waals surface area contributed by atoms with E-state index in [0.29, 0.717) is 18.8 Å². The molecule has 0 aromatic heterocycles. The number of hydrogen-bond acceptors (Lipinski definition) is 5. The van der Waals surface area contributed by atoms with Crippen molar-refractivity contribution in [1.29, 1.82) is 0 Å². The average molecular weight is 265 g/mol. The summed E-state index contributed by atoms with van der Waals surface area (Å²) in [7, 11) is 0. The Hall–Kier alpha value is -2.28. The highest BCUT2D eigenvalue weighted by Crippen LogP contribution is 2.10. The van der Waals surface area contributed by atoms with Crippen molar-refractivity contribution in [3.05, 3.63) is 39.9 Å². The van der Waals surface area contributed by atoms with Crippen LogP contribution < -0.4 is 5.43 Å². The van der Waals surface area contributed by atoms with Gasteiger partial charge in [0.15, 0.2) is 0 Å². The third-order valence-corrected chi connectivity index (χ3v) is 2.18. The second-order valence-corrected chi connectivity index (χ2v) is 3.59. The minimum atomic E-state index is -0.476. The minimum Gasteiger partial charge on any atom is -0.381 e. The van der Waals surface area contributed by atoms with Crippen LogP contribution in [0.2, 0.25) is 0 Å². The van der Waals surface area contributed by atoms with Crippen LogP contribution in [0.25, 0.3) is 0 Å². The fourth-order valence-electron chi connectivity index (χ4n) is 1.23. The number of amides is 1. The van der Waals surface area contributed by atoms with Crippen molar-refractivity contribution in [1.82, 2.24) is 5.43 Å². The fraction of sp³-hybridized carbons (Fsp3) is 0.333. The number of nitro benzene ring substituents is 1.